The maximum Gasteiger partial charge on any atom is 0.294 e. The summed E-state index contributed by atoms with van der Waals surface area (Å²) in [5, 5.41) is -0.382. The average Bonchev–Trinajstić information content (AvgIpc) is 2.82. The van der Waals surface area contributed by atoms with E-state index in [1.807, 2.05) is 6.92 Å². The zero-order valence-corrected chi connectivity index (χ0v) is 15.8. The van der Waals surface area contributed by atoms with E-state index < -0.39 is 5.91 Å². The number of benzene rings is 1. The summed E-state index contributed by atoms with van der Waals surface area (Å²) in [6.45, 7) is 2.33. The number of hydrogen-bond acceptors (Lipinski definition) is 5. The Bertz CT molecular complexity index is 820. The number of halogens is 1. The fourth-order valence-corrected chi connectivity index (χ4v) is 3.48. The number of terminal acetylenes is 2. The van der Waals surface area contributed by atoms with E-state index in [0.29, 0.717) is 33.0 Å². The van der Waals surface area contributed by atoms with Gasteiger partial charge in [-0.15, -0.1) is 12.8 Å². The van der Waals surface area contributed by atoms with E-state index in [4.69, 9.17) is 22.3 Å². The molecule has 7 heteroatoms. The van der Waals surface area contributed by atoms with Crippen LogP contribution in [0.25, 0.3) is 6.08 Å². The number of amides is 2. The quantitative estimate of drug-likeness (QED) is 0.521. The molecular weight excluding hydrogens is 406 g/mol. The normalized spacial score (nSPS) is 15.2. The first-order valence-electron chi connectivity index (χ1n) is 7.23. The smallest absolute Gasteiger partial charge is 0.294 e. The van der Waals surface area contributed by atoms with Gasteiger partial charge in [-0.1, -0.05) is 11.8 Å². The first-order chi connectivity index (χ1) is 12.0. The number of thioether (sulfide) groups is 1. The van der Waals surface area contributed by atoms with Crippen molar-refractivity contribution in [1.29, 1.82) is 0 Å². The number of nitrogens with zero attached hydrogens (tertiary/aromatic N) is 1. The number of rotatable bonds is 6. The summed E-state index contributed by atoms with van der Waals surface area (Å²) in [5.74, 6) is 5.26. The lowest BCUT2D eigenvalue weighted by atomic mass is 10.2. The van der Waals surface area contributed by atoms with Crippen LogP contribution in [0.4, 0.5) is 4.79 Å². The van der Waals surface area contributed by atoms with E-state index in [0.717, 1.165) is 16.7 Å². The molecule has 5 nitrogen and oxygen atoms in total. The Balaban J connectivity index is 2.37. The molecule has 0 aliphatic carbocycles. The van der Waals surface area contributed by atoms with E-state index >= 15 is 0 Å². The molecule has 1 saturated heterocycles. The van der Waals surface area contributed by atoms with Crippen molar-refractivity contribution in [2.45, 2.75) is 6.92 Å². The summed E-state index contributed by atoms with van der Waals surface area (Å²) in [6, 6.07) is 3.47. The second-order valence-electron chi connectivity index (χ2n) is 4.73. The zero-order chi connectivity index (χ0) is 18.4. The van der Waals surface area contributed by atoms with E-state index in [1.165, 1.54) is 0 Å². The highest BCUT2D eigenvalue weighted by atomic mass is 79.9. The van der Waals surface area contributed by atoms with Gasteiger partial charge in [0.05, 0.1) is 22.5 Å². The van der Waals surface area contributed by atoms with Crippen molar-refractivity contribution >= 4 is 44.9 Å². The van der Waals surface area contributed by atoms with Crippen molar-refractivity contribution < 1.29 is 19.1 Å². The van der Waals surface area contributed by atoms with E-state index in [2.05, 4.69) is 27.8 Å². The van der Waals surface area contributed by atoms with Gasteiger partial charge in [-0.3, -0.25) is 14.5 Å². The number of imide groups is 1. The van der Waals surface area contributed by atoms with Crippen LogP contribution in [0.2, 0.25) is 0 Å². The highest BCUT2D eigenvalue weighted by molar-refractivity contribution is 9.10. The zero-order valence-electron chi connectivity index (χ0n) is 13.4. The molecule has 2 rings (SSSR count). The third-order valence-corrected chi connectivity index (χ3v) is 4.55. The lowest BCUT2D eigenvalue weighted by Gasteiger charge is -2.13. The molecule has 2 amide bonds. The van der Waals surface area contributed by atoms with Gasteiger partial charge in [-0.25, -0.2) is 0 Å². The highest BCUT2D eigenvalue weighted by Crippen LogP contribution is 2.39. The molecule has 128 valence electrons. The molecule has 0 aromatic heterocycles. The Morgan fingerprint density at radius 1 is 1.28 bits per heavy atom. The van der Waals surface area contributed by atoms with Gasteiger partial charge in [0.2, 0.25) is 0 Å². The second-order valence-corrected chi connectivity index (χ2v) is 6.58. The van der Waals surface area contributed by atoms with Crippen LogP contribution in [0.15, 0.2) is 21.5 Å². The third kappa shape index (κ3) is 4.39. The Labute approximate surface area is 158 Å². The number of carbonyl (C=O) groups excluding carboxylic acids is 2. The molecule has 1 aliphatic rings. The topological polar surface area (TPSA) is 55.8 Å². The van der Waals surface area contributed by atoms with Crippen LogP contribution >= 0.6 is 27.7 Å². The molecule has 0 bridgehead atoms. The van der Waals surface area contributed by atoms with Gasteiger partial charge in [0.15, 0.2) is 11.5 Å². The van der Waals surface area contributed by atoms with Gasteiger partial charge < -0.3 is 9.47 Å². The summed E-state index contributed by atoms with van der Waals surface area (Å²) in [6.07, 6.45) is 12.0. The van der Waals surface area contributed by atoms with Crippen molar-refractivity contribution in [1.82, 2.24) is 4.90 Å². The van der Waals surface area contributed by atoms with Crippen molar-refractivity contribution in [2.24, 2.45) is 0 Å². The lowest BCUT2D eigenvalue weighted by molar-refractivity contribution is -0.122. The molecule has 1 fully saturated rings. The average molecular weight is 420 g/mol. The number of hydrogen-bond donors (Lipinski definition) is 0. The summed E-state index contributed by atoms with van der Waals surface area (Å²) < 4.78 is 11.7. The van der Waals surface area contributed by atoms with Gasteiger partial charge in [-0.05, 0) is 58.4 Å². The van der Waals surface area contributed by atoms with Crippen LogP contribution in [0.3, 0.4) is 0 Å². The van der Waals surface area contributed by atoms with Crippen LogP contribution in [0, 0.1) is 24.7 Å². The van der Waals surface area contributed by atoms with Crippen LogP contribution in [0.1, 0.15) is 12.5 Å². The summed E-state index contributed by atoms with van der Waals surface area (Å²) in [7, 11) is 0. The SMILES string of the molecule is C#CCOc1c(Br)cc(/C=C2\SC(=O)N(CC#C)C2=O)cc1OCC. The molecule has 1 aromatic carbocycles. The van der Waals surface area contributed by atoms with Gasteiger partial charge in [0, 0.05) is 0 Å². The Morgan fingerprint density at radius 2 is 2.04 bits per heavy atom. The minimum Gasteiger partial charge on any atom is -0.490 e. The largest absolute Gasteiger partial charge is 0.490 e. The number of carbonyl (C=O) groups is 2. The Morgan fingerprint density at radius 3 is 2.68 bits per heavy atom. The molecule has 0 spiro atoms. The van der Waals surface area contributed by atoms with E-state index in [1.54, 1.807) is 18.2 Å². The maximum atomic E-state index is 12.2. The van der Waals surface area contributed by atoms with Crippen LogP contribution in [-0.4, -0.2) is 35.8 Å². The summed E-state index contributed by atoms with van der Waals surface area (Å²) in [5.41, 5.74) is 0.676. The molecule has 25 heavy (non-hydrogen) atoms. The Kier molecular flexibility index (Phi) is 6.58. The van der Waals surface area contributed by atoms with Crippen LogP contribution in [-0.2, 0) is 4.79 Å². The first-order valence-corrected chi connectivity index (χ1v) is 8.84. The second kappa shape index (κ2) is 8.66. The predicted molar refractivity (Wildman–Crippen MR) is 101 cm³/mol. The lowest BCUT2D eigenvalue weighted by Crippen LogP contribution is -2.28. The van der Waals surface area contributed by atoms with Crippen LogP contribution < -0.4 is 9.47 Å². The maximum absolute atomic E-state index is 12.2. The molecule has 0 unspecified atom stereocenters. The molecule has 1 aliphatic heterocycles. The predicted octanol–water partition coefficient (Wildman–Crippen LogP) is 3.53. The molecule has 0 N–H and O–H groups in total. The minimum atomic E-state index is -0.408. The molecule has 0 atom stereocenters. The van der Waals surface area contributed by atoms with Crippen molar-refractivity contribution in [3.05, 3.63) is 27.1 Å². The van der Waals surface area contributed by atoms with Crippen LogP contribution in [0.5, 0.6) is 11.5 Å². The molecule has 0 saturated carbocycles. The standard InChI is InChI=1S/C18H14BrNO4S/c1-4-7-20-17(21)15(25-18(20)22)11-12-9-13(19)16(24-8-5-2)14(10-12)23-6-3/h1-2,9-11H,6-8H2,3H3/b15-11-. The van der Waals surface area contributed by atoms with Crippen molar-refractivity contribution in [3.63, 3.8) is 0 Å². The van der Waals surface area contributed by atoms with Crippen molar-refractivity contribution in [3.8, 4) is 36.2 Å². The first kappa shape index (κ1) is 19.0. The summed E-state index contributed by atoms with van der Waals surface area (Å²) in [4.78, 5) is 25.4. The van der Waals surface area contributed by atoms with E-state index in [9.17, 15) is 9.59 Å². The third-order valence-electron chi connectivity index (χ3n) is 3.05. The monoisotopic (exact) mass is 419 g/mol. The highest BCUT2D eigenvalue weighted by Gasteiger charge is 2.34. The fourth-order valence-electron chi connectivity index (χ4n) is 2.07. The molecule has 1 aromatic rings. The van der Waals surface area contributed by atoms with Crippen molar-refractivity contribution in [2.75, 3.05) is 19.8 Å². The van der Waals surface area contributed by atoms with Gasteiger partial charge in [0.1, 0.15) is 6.61 Å². The van der Waals surface area contributed by atoms with Gasteiger partial charge >= 0.3 is 0 Å². The Hall–Kier alpha value is -2.35. The number of ether oxygens (including phenoxy) is 2. The summed E-state index contributed by atoms with van der Waals surface area (Å²) >= 11 is 4.26. The van der Waals surface area contributed by atoms with E-state index in [-0.39, 0.29) is 18.4 Å². The molecular formula is C18H14BrNO4S. The van der Waals surface area contributed by atoms with Gasteiger partial charge in [-0.2, -0.15) is 0 Å². The molecule has 0 radical (unpaired) electrons. The molecule has 1 heterocycles. The fraction of sp³-hybridized carbons (Fsp3) is 0.222. The minimum absolute atomic E-state index is 0.0469. The van der Waals surface area contributed by atoms with Gasteiger partial charge in [0.25, 0.3) is 11.1 Å².